The summed E-state index contributed by atoms with van der Waals surface area (Å²) < 4.78 is 0. The molecule has 0 rings (SSSR count). The molecule has 3 nitrogen and oxygen atoms in total. The number of nitrogens with one attached hydrogen (secondary N) is 1. The molecule has 0 saturated carbocycles. The van der Waals surface area contributed by atoms with E-state index in [4.69, 9.17) is 11.5 Å². The molecule has 56 valence electrons. The number of carboxylic acid groups (broad SMARTS) is 1. The van der Waals surface area contributed by atoms with E-state index in [1.807, 2.05) is 0 Å². The molecule has 0 aliphatic rings. The second kappa shape index (κ2) is 5.15. The van der Waals surface area contributed by atoms with E-state index in [1.165, 1.54) is 0 Å². The molecule has 0 spiro atoms. The minimum Gasteiger partial charge on any atom is -0.480 e. The van der Waals surface area contributed by atoms with Gasteiger partial charge in [0.1, 0.15) is 6.04 Å². The number of rotatable bonds is 4. The van der Waals surface area contributed by atoms with Crippen molar-refractivity contribution in [1.29, 1.82) is 0 Å². The van der Waals surface area contributed by atoms with E-state index in [-0.39, 0.29) is 12.3 Å². The third-order valence-corrected chi connectivity index (χ3v) is 1.30. The Bertz CT molecular complexity index is 152. The topological polar surface area (TPSA) is 49.3 Å². The number of carbonyl (C=O) groups is 1. The predicted molar refractivity (Wildman–Crippen MR) is 42.1 cm³/mol. The van der Waals surface area contributed by atoms with Crippen molar-refractivity contribution in [1.82, 2.24) is 5.32 Å². The zero-order chi connectivity index (χ0) is 7.98. The van der Waals surface area contributed by atoms with E-state index in [1.54, 1.807) is 0 Å². The van der Waals surface area contributed by atoms with Crippen molar-refractivity contribution in [2.24, 2.45) is 0 Å². The molecule has 0 heterocycles. The summed E-state index contributed by atoms with van der Waals surface area (Å²) in [6.45, 7) is 0.261. The van der Waals surface area contributed by atoms with Crippen molar-refractivity contribution in [2.75, 3.05) is 12.3 Å². The van der Waals surface area contributed by atoms with Crippen LogP contribution in [0.1, 0.15) is 0 Å². The maximum atomic E-state index is 10.3. The maximum absolute atomic E-state index is 10.3. The van der Waals surface area contributed by atoms with E-state index < -0.39 is 12.0 Å². The van der Waals surface area contributed by atoms with Gasteiger partial charge in [-0.1, -0.05) is 5.92 Å². The SMILES string of the molecule is C#CCNC(CS)C(=O)O. The summed E-state index contributed by atoms with van der Waals surface area (Å²) in [7, 11) is 0. The van der Waals surface area contributed by atoms with Crippen LogP contribution in [0.5, 0.6) is 0 Å². The minimum absolute atomic E-state index is 0.247. The Morgan fingerprint density at radius 2 is 2.50 bits per heavy atom. The fourth-order valence-corrected chi connectivity index (χ4v) is 0.697. The van der Waals surface area contributed by atoms with Crippen LogP contribution in [0.25, 0.3) is 0 Å². The van der Waals surface area contributed by atoms with Gasteiger partial charge in [-0.25, -0.2) is 0 Å². The van der Waals surface area contributed by atoms with Crippen LogP contribution in [0, 0.1) is 12.3 Å². The lowest BCUT2D eigenvalue weighted by molar-refractivity contribution is -0.138. The van der Waals surface area contributed by atoms with Gasteiger partial charge in [0, 0.05) is 5.75 Å². The van der Waals surface area contributed by atoms with Crippen LogP contribution in [0.15, 0.2) is 0 Å². The fraction of sp³-hybridized carbons (Fsp3) is 0.500. The Morgan fingerprint density at radius 1 is 1.90 bits per heavy atom. The Kier molecular flexibility index (Phi) is 4.81. The van der Waals surface area contributed by atoms with Crippen LogP contribution < -0.4 is 5.32 Å². The molecule has 0 aliphatic heterocycles. The Balaban J connectivity index is 3.63. The van der Waals surface area contributed by atoms with Gasteiger partial charge in [0.2, 0.25) is 0 Å². The lowest BCUT2D eigenvalue weighted by Gasteiger charge is -2.07. The summed E-state index contributed by atoms with van der Waals surface area (Å²) in [6.07, 6.45) is 4.90. The van der Waals surface area contributed by atoms with Crippen LogP contribution >= 0.6 is 12.6 Å². The van der Waals surface area contributed by atoms with Gasteiger partial charge in [-0.2, -0.15) is 12.6 Å². The number of aliphatic carboxylic acids is 1. The van der Waals surface area contributed by atoms with Gasteiger partial charge in [0.15, 0.2) is 0 Å². The van der Waals surface area contributed by atoms with E-state index in [9.17, 15) is 4.79 Å². The standard InChI is InChI=1S/C6H9NO2S/c1-2-3-7-5(4-10)6(8)9/h1,5,7,10H,3-4H2,(H,8,9). The van der Waals surface area contributed by atoms with E-state index in [0.717, 1.165) is 0 Å². The van der Waals surface area contributed by atoms with Crippen molar-refractivity contribution in [3.8, 4) is 12.3 Å². The molecule has 0 bridgehead atoms. The van der Waals surface area contributed by atoms with E-state index >= 15 is 0 Å². The van der Waals surface area contributed by atoms with Gasteiger partial charge >= 0.3 is 5.97 Å². The van der Waals surface area contributed by atoms with Crippen LogP contribution in [0.2, 0.25) is 0 Å². The lowest BCUT2D eigenvalue weighted by Crippen LogP contribution is -2.38. The zero-order valence-corrected chi connectivity index (χ0v) is 6.27. The molecule has 4 heteroatoms. The Morgan fingerprint density at radius 3 is 2.80 bits per heavy atom. The third-order valence-electron chi connectivity index (χ3n) is 0.931. The summed E-state index contributed by atoms with van der Waals surface area (Å²) in [5.74, 6) is 1.60. The molecular formula is C6H9NO2S. The quantitative estimate of drug-likeness (QED) is 0.386. The molecule has 0 radical (unpaired) electrons. The molecule has 0 amide bonds. The summed E-state index contributed by atoms with van der Waals surface area (Å²) in [5.41, 5.74) is 0. The average Bonchev–Trinajstić information content (AvgIpc) is 1.89. The molecular weight excluding hydrogens is 150 g/mol. The molecule has 1 unspecified atom stereocenters. The van der Waals surface area contributed by atoms with Crippen LogP contribution in [-0.2, 0) is 4.79 Å². The van der Waals surface area contributed by atoms with E-state index in [2.05, 4.69) is 23.9 Å². The fourth-order valence-electron chi connectivity index (χ4n) is 0.412. The first-order valence-corrected chi connectivity index (χ1v) is 3.36. The highest BCUT2D eigenvalue weighted by Crippen LogP contribution is 1.86. The zero-order valence-electron chi connectivity index (χ0n) is 5.37. The first-order chi connectivity index (χ1) is 4.72. The summed E-state index contributed by atoms with van der Waals surface area (Å²) in [5, 5.41) is 11.0. The average molecular weight is 159 g/mol. The largest absolute Gasteiger partial charge is 0.480 e. The number of terminal acetylenes is 1. The molecule has 0 fully saturated rings. The number of carboxylic acids is 1. The van der Waals surface area contributed by atoms with Gasteiger partial charge in [0.25, 0.3) is 0 Å². The van der Waals surface area contributed by atoms with Gasteiger partial charge in [0.05, 0.1) is 6.54 Å². The third kappa shape index (κ3) is 3.38. The number of hydrogen-bond acceptors (Lipinski definition) is 3. The second-order valence-corrected chi connectivity index (χ2v) is 2.02. The lowest BCUT2D eigenvalue weighted by atomic mass is 10.3. The van der Waals surface area contributed by atoms with Crippen molar-refractivity contribution in [3.05, 3.63) is 0 Å². The maximum Gasteiger partial charge on any atom is 0.321 e. The summed E-state index contributed by atoms with van der Waals surface area (Å²) >= 11 is 3.82. The highest BCUT2D eigenvalue weighted by molar-refractivity contribution is 7.80. The monoisotopic (exact) mass is 159 g/mol. The van der Waals surface area contributed by atoms with Crippen LogP contribution in [0.4, 0.5) is 0 Å². The normalized spacial score (nSPS) is 12.0. The molecule has 0 aromatic heterocycles. The molecule has 0 aliphatic carbocycles. The van der Waals surface area contributed by atoms with Crippen LogP contribution in [-0.4, -0.2) is 29.4 Å². The number of hydrogen-bond donors (Lipinski definition) is 3. The van der Waals surface area contributed by atoms with Gasteiger partial charge in [-0.3, -0.25) is 10.1 Å². The van der Waals surface area contributed by atoms with Crippen molar-refractivity contribution >= 4 is 18.6 Å². The van der Waals surface area contributed by atoms with Crippen LogP contribution in [0.3, 0.4) is 0 Å². The molecule has 10 heavy (non-hydrogen) atoms. The first kappa shape index (κ1) is 9.34. The highest BCUT2D eigenvalue weighted by Gasteiger charge is 2.12. The smallest absolute Gasteiger partial charge is 0.321 e. The molecule has 2 N–H and O–H groups in total. The van der Waals surface area contributed by atoms with Gasteiger partial charge in [-0.15, -0.1) is 6.42 Å². The summed E-state index contributed by atoms with van der Waals surface area (Å²) in [6, 6.07) is -0.639. The molecule has 1 atom stereocenters. The Hall–Kier alpha value is -0.660. The minimum atomic E-state index is -0.926. The molecule has 0 aromatic rings. The number of thiol groups is 1. The van der Waals surface area contributed by atoms with Crippen molar-refractivity contribution in [2.45, 2.75) is 6.04 Å². The molecule has 0 aromatic carbocycles. The Labute approximate surface area is 65.2 Å². The predicted octanol–water partition coefficient (Wildman–Crippen LogP) is -0.408. The van der Waals surface area contributed by atoms with Gasteiger partial charge in [-0.05, 0) is 0 Å². The molecule has 0 saturated heterocycles. The summed E-state index contributed by atoms with van der Waals surface area (Å²) in [4.78, 5) is 10.3. The van der Waals surface area contributed by atoms with E-state index in [0.29, 0.717) is 0 Å². The second-order valence-electron chi connectivity index (χ2n) is 1.66. The first-order valence-electron chi connectivity index (χ1n) is 2.73. The van der Waals surface area contributed by atoms with Crippen molar-refractivity contribution < 1.29 is 9.90 Å². The van der Waals surface area contributed by atoms with Crippen molar-refractivity contribution in [3.63, 3.8) is 0 Å². The van der Waals surface area contributed by atoms with Gasteiger partial charge < -0.3 is 5.11 Å². The highest BCUT2D eigenvalue weighted by atomic mass is 32.1.